The third-order valence-electron chi connectivity index (χ3n) is 3.14. The zero-order valence-corrected chi connectivity index (χ0v) is 13.2. The highest BCUT2D eigenvalue weighted by atomic mass is 16.5. The van der Waals surface area contributed by atoms with Gasteiger partial charge in [-0.2, -0.15) is 0 Å². The number of esters is 2. The van der Waals surface area contributed by atoms with Crippen LogP contribution in [0.2, 0.25) is 0 Å². The van der Waals surface area contributed by atoms with Crippen molar-refractivity contribution in [3.63, 3.8) is 0 Å². The molecule has 0 N–H and O–H groups in total. The largest absolute Gasteiger partial charge is 0.465 e. The molecule has 24 heavy (non-hydrogen) atoms. The summed E-state index contributed by atoms with van der Waals surface area (Å²) in [5.41, 5.74) is 16.1. The van der Waals surface area contributed by atoms with Gasteiger partial charge in [0.15, 0.2) is 0 Å². The summed E-state index contributed by atoms with van der Waals surface area (Å²) >= 11 is 0. The van der Waals surface area contributed by atoms with E-state index in [1.165, 1.54) is 19.2 Å². The predicted molar refractivity (Wildman–Crippen MR) is 84.2 cm³/mol. The minimum atomic E-state index is -0.853. The zero-order chi connectivity index (χ0) is 18.0. The predicted octanol–water partition coefficient (Wildman–Crippen LogP) is 3.26. The summed E-state index contributed by atoms with van der Waals surface area (Å²) in [7, 11) is 1.21. The molecule has 0 saturated carbocycles. The Hall–Kier alpha value is -3.22. The molecule has 0 radical (unpaired) electrons. The number of nitrogens with zero attached hydrogens (tertiary/aromatic N) is 6. The Morgan fingerprint density at radius 3 is 2.04 bits per heavy atom. The van der Waals surface area contributed by atoms with E-state index in [4.69, 9.17) is 15.8 Å². The molecule has 1 rings (SSSR count). The van der Waals surface area contributed by atoms with E-state index in [1.807, 2.05) is 0 Å². The Labute approximate surface area is 137 Å². The van der Waals surface area contributed by atoms with Crippen LogP contribution in [0.25, 0.3) is 20.9 Å². The monoisotopic (exact) mass is 332 g/mol. The summed E-state index contributed by atoms with van der Waals surface area (Å²) < 4.78 is 9.83. The van der Waals surface area contributed by atoms with Crippen LogP contribution in [0.3, 0.4) is 0 Å². The molecule has 0 saturated heterocycles. The fourth-order valence-electron chi connectivity index (χ4n) is 1.81. The van der Waals surface area contributed by atoms with E-state index in [1.54, 1.807) is 19.1 Å². The normalized spacial score (nSPS) is 12.1. The Morgan fingerprint density at radius 1 is 1.08 bits per heavy atom. The maximum absolute atomic E-state index is 12.2. The number of ether oxygens (including phenoxy) is 2. The molecule has 0 heterocycles. The van der Waals surface area contributed by atoms with Gasteiger partial charge in [-0.05, 0) is 23.2 Å². The summed E-state index contributed by atoms with van der Waals surface area (Å²) in [4.78, 5) is 29.2. The van der Waals surface area contributed by atoms with Crippen molar-refractivity contribution in [2.75, 3.05) is 26.8 Å². The summed E-state index contributed by atoms with van der Waals surface area (Å²) in [6, 6.07) is 6.06. The van der Waals surface area contributed by atoms with Crippen molar-refractivity contribution in [3.05, 3.63) is 56.3 Å². The molecular weight excluding hydrogens is 316 g/mol. The molecule has 0 aliphatic heterocycles. The first kappa shape index (κ1) is 18.8. The quantitative estimate of drug-likeness (QED) is 0.310. The van der Waals surface area contributed by atoms with E-state index >= 15 is 0 Å². The van der Waals surface area contributed by atoms with E-state index in [9.17, 15) is 9.59 Å². The maximum Gasteiger partial charge on any atom is 0.339 e. The van der Waals surface area contributed by atoms with Gasteiger partial charge in [0.2, 0.25) is 0 Å². The summed E-state index contributed by atoms with van der Waals surface area (Å²) in [6.45, 7) is 1.46. The molecule has 0 amide bonds. The highest BCUT2D eigenvalue weighted by molar-refractivity contribution is 6.03. The Bertz CT molecular complexity index is 687. The van der Waals surface area contributed by atoms with E-state index in [2.05, 4.69) is 24.8 Å². The average Bonchev–Trinajstić information content (AvgIpc) is 2.62. The first-order valence-electron chi connectivity index (χ1n) is 6.83. The minimum absolute atomic E-state index is 0.0194. The molecule has 0 atom stereocenters. The third-order valence-corrected chi connectivity index (χ3v) is 3.14. The molecule has 0 aromatic heterocycles. The van der Waals surface area contributed by atoms with Gasteiger partial charge in [-0.15, -0.1) is 0 Å². The second kappa shape index (κ2) is 9.04. The van der Waals surface area contributed by atoms with Crippen LogP contribution in [0, 0.1) is 5.41 Å². The van der Waals surface area contributed by atoms with Gasteiger partial charge in [0.1, 0.15) is 0 Å². The number of carbonyl (C=O) groups excluding carboxylic acids is 2. The lowest BCUT2D eigenvalue weighted by molar-refractivity contribution is 0.0332. The highest BCUT2D eigenvalue weighted by Gasteiger charge is 2.26. The lowest BCUT2D eigenvalue weighted by Gasteiger charge is -2.25. The number of rotatable bonds is 8. The van der Waals surface area contributed by atoms with Crippen molar-refractivity contribution in [3.8, 4) is 0 Å². The molecule has 1 aromatic rings. The first-order chi connectivity index (χ1) is 11.5. The minimum Gasteiger partial charge on any atom is -0.465 e. The molecule has 126 valence electrons. The highest BCUT2D eigenvalue weighted by Crippen LogP contribution is 2.20. The van der Waals surface area contributed by atoms with Crippen LogP contribution < -0.4 is 0 Å². The number of benzene rings is 1. The molecule has 0 bridgehead atoms. The van der Waals surface area contributed by atoms with Crippen LogP contribution in [0.1, 0.15) is 27.6 Å². The summed E-state index contributed by atoms with van der Waals surface area (Å²) in [6.07, 6.45) is 0. The molecule has 0 fully saturated rings. The second-order valence-corrected chi connectivity index (χ2v) is 5.20. The van der Waals surface area contributed by atoms with Crippen molar-refractivity contribution in [2.24, 2.45) is 15.6 Å². The topological polar surface area (TPSA) is 150 Å². The van der Waals surface area contributed by atoms with Crippen LogP contribution >= 0.6 is 0 Å². The van der Waals surface area contributed by atoms with Crippen LogP contribution in [0.15, 0.2) is 34.5 Å². The van der Waals surface area contributed by atoms with E-state index in [0.717, 1.165) is 0 Å². The summed E-state index contributed by atoms with van der Waals surface area (Å²) in [5.74, 6) is -1.39. The molecule has 0 unspecified atom stereocenters. The van der Waals surface area contributed by atoms with E-state index in [0.29, 0.717) is 0 Å². The average molecular weight is 332 g/mol. The van der Waals surface area contributed by atoms with E-state index < -0.39 is 17.4 Å². The maximum atomic E-state index is 12.2. The number of hydrogen-bond acceptors (Lipinski definition) is 6. The molecule has 1 aromatic carbocycles. The summed E-state index contributed by atoms with van der Waals surface area (Å²) in [5, 5.41) is 6.88. The van der Waals surface area contributed by atoms with Gasteiger partial charge < -0.3 is 9.47 Å². The molecule has 0 aliphatic rings. The molecule has 10 nitrogen and oxygen atoms in total. The smallest absolute Gasteiger partial charge is 0.339 e. The molecule has 10 heteroatoms. The van der Waals surface area contributed by atoms with Crippen LogP contribution in [0.5, 0.6) is 0 Å². The number of azide groups is 2. The van der Waals surface area contributed by atoms with Crippen LogP contribution in [-0.4, -0.2) is 38.7 Å². The SMILES string of the molecule is COC(=O)c1ccccc1C(=O)OCC(C)(CN=[N+]=[N-])CN=[N+]=[N-]. The van der Waals surface area contributed by atoms with Gasteiger partial charge in [0.05, 0.1) is 24.8 Å². The molecule has 0 aliphatic carbocycles. The van der Waals surface area contributed by atoms with Gasteiger partial charge in [-0.1, -0.05) is 29.3 Å². The van der Waals surface area contributed by atoms with Gasteiger partial charge in [-0.25, -0.2) is 9.59 Å². The zero-order valence-electron chi connectivity index (χ0n) is 13.2. The Morgan fingerprint density at radius 2 is 1.58 bits per heavy atom. The van der Waals surface area contributed by atoms with Crippen LogP contribution in [-0.2, 0) is 9.47 Å². The molecular formula is C14H16N6O4. The first-order valence-corrected chi connectivity index (χ1v) is 6.83. The Balaban J connectivity index is 2.92. The van der Waals surface area contributed by atoms with Crippen LogP contribution in [0.4, 0.5) is 0 Å². The van der Waals surface area contributed by atoms with Crippen molar-refractivity contribution >= 4 is 11.9 Å². The van der Waals surface area contributed by atoms with Gasteiger partial charge in [0.25, 0.3) is 0 Å². The van der Waals surface area contributed by atoms with Crippen molar-refractivity contribution < 1.29 is 19.1 Å². The van der Waals surface area contributed by atoms with Crippen molar-refractivity contribution in [1.29, 1.82) is 0 Å². The van der Waals surface area contributed by atoms with E-state index in [-0.39, 0.29) is 30.8 Å². The van der Waals surface area contributed by atoms with Gasteiger partial charge in [0, 0.05) is 28.3 Å². The third kappa shape index (κ3) is 5.20. The van der Waals surface area contributed by atoms with Gasteiger partial charge >= 0.3 is 11.9 Å². The fourth-order valence-corrected chi connectivity index (χ4v) is 1.81. The number of methoxy groups -OCH3 is 1. The standard InChI is InChI=1S/C14H16N6O4/c1-14(7-17-19-15,8-18-20-16)9-24-13(22)11-6-4-3-5-10(11)12(21)23-2/h3-6H,7-9H2,1-2H3. The number of hydrogen-bond donors (Lipinski definition) is 0. The number of carbonyl (C=O) groups is 2. The fraction of sp³-hybridized carbons (Fsp3) is 0.429. The second-order valence-electron chi connectivity index (χ2n) is 5.20. The lowest BCUT2D eigenvalue weighted by Crippen LogP contribution is -2.31. The molecule has 0 spiro atoms. The van der Waals surface area contributed by atoms with Crippen molar-refractivity contribution in [1.82, 2.24) is 0 Å². The Kier molecular flexibility index (Phi) is 7.09. The van der Waals surface area contributed by atoms with Crippen molar-refractivity contribution in [2.45, 2.75) is 6.92 Å². The lowest BCUT2D eigenvalue weighted by atomic mass is 9.92. The van der Waals surface area contributed by atoms with Gasteiger partial charge in [-0.3, -0.25) is 0 Å².